The van der Waals surface area contributed by atoms with Gasteiger partial charge in [0.2, 0.25) is 0 Å². The molecule has 0 saturated heterocycles. The van der Waals surface area contributed by atoms with Gasteiger partial charge in [0.05, 0.1) is 12.1 Å². The molecule has 1 amide bonds. The van der Waals surface area contributed by atoms with Crippen molar-refractivity contribution < 1.29 is 27.6 Å². The molecule has 0 bridgehead atoms. The molecule has 0 radical (unpaired) electrons. The third-order valence-electron chi connectivity index (χ3n) is 4.55. The molecule has 1 aliphatic rings. The highest BCUT2D eigenvalue weighted by atomic mass is 19.4. The van der Waals surface area contributed by atoms with Gasteiger partial charge in [-0.1, -0.05) is 46.7 Å². The Balaban J connectivity index is 1.90. The van der Waals surface area contributed by atoms with Crippen LogP contribution >= 0.6 is 0 Å². The van der Waals surface area contributed by atoms with Crippen LogP contribution in [0.15, 0.2) is 53.7 Å². The summed E-state index contributed by atoms with van der Waals surface area (Å²) in [6, 6.07) is 12.1. The molecule has 3 rings (SSSR count). The smallest absolute Gasteiger partial charge is 0.398 e. The van der Waals surface area contributed by atoms with Crippen LogP contribution in [0.3, 0.4) is 0 Å². The van der Waals surface area contributed by atoms with E-state index in [1.165, 1.54) is 30.4 Å². The van der Waals surface area contributed by atoms with Crippen LogP contribution < -0.4 is 0 Å². The van der Waals surface area contributed by atoms with Crippen LogP contribution in [-0.4, -0.2) is 36.0 Å². The summed E-state index contributed by atoms with van der Waals surface area (Å²) in [7, 11) is 2.84. The Morgan fingerprint density at radius 1 is 1.14 bits per heavy atom. The van der Waals surface area contributed by atoms with E-state index in [1.54, 1.807) is 25.1 Å². The van der Waals surface area contributed by atoms with E-state index in [2.05, 4.69) is 5.16 Å². The van der Waals surface area contributed by atoms with E-state index in [4.69, 9.17) is 9.68 Å². The Morgan fingerprint density at radius 2 is 1.86 bits per heavy atom. The van der Waals surface area contributed by atoms with Gasteiger partial charge in [0.1, 0.15) is 13.2 Å². The van der Waals surface area contributed by atoms with Crippen molar-refractivity contribution in [3.8, 4) is 0 Å². The minimum absolute atomic E-state index is 0.114. The van der Waals surface area contributed by atoms with Crippen LogP contribution in [-0.2, 0) is 27.2 Å². The molecule has 1 aliphatic heterocycles. The number of hydroxylamine groups is 1. The van der Waals surface area contributed by atoms with Crippen molar-refractivity contribution >= 4 is 11.6 Å². The van der Waals surface area contributed by atoms with Crippen molar-refractivity contribution in [2.75, 3.05) is 14.2 Å². The van der Waals surface area contributed by atoms with E-state index in [0.29, 0.717) is 11.1 Å². The summed E-state index contributed by atoms with van der Waals surface area (Å²) in [6.07, 6.45) is -5.18. The lowest BCUT2D eigenvalue weighted by Gasteiger charge is -2.31. The molecule has 0 spiro atoms. The van der Waals surface area contributed by atoms with Crippen molar-refractivity contribution in [3.63, 3.8) is 0 Å². The molecule has 29 heavy (non-hydrogen) atoms. The average molecular weight is 407 g/mol. The number of benzene rings is 2. The van der Waals surface area contributed by atoms with Gasteiger partial charge in [-0.25, -0.2) is 5.01 Å². The fourth-order valence-electron chi connectivity index (χ4n) is 3.01. The zero-order valence-corrected chi connectivity index (χ0v) is 16.1. The molecular formula is C20H20F3N3O3. The molecule has 0 N–H and O–H groups in total. The van der Waals surface area contributed by atoms with Crippen molar-refractivity contribution in [1.82, 2.24) is 10.2 Å². The molecule has 154 valence electrons. The number of hydrazine groups is 1. The normalized spacial score (nSPS) is 17.8. The lowest BCUT2D eigenvalue weighted by Crippen LogP contribution is -2.44. The van der Waals surface area contributed by atoms with Crippen molar-refractivity contribution in [3.05, 3.63) is 70.8 Å². The van der Waals surface area contributed by atoms with Gasteiger partial charge >= 0.3 is 6.18 Å². The van der Waals surface area contributed by atoms with Crippen LogP contribution in [0.5, 0.6) is 0 Å². The fourth-order valence-corrected chi connectivity index (χ4v) is 3.01. The van der Waals surface area contributed by atoms with Gasteiger partial charge in [-0.05, 0) is 30.2 Å². The first kappa shape index (κ1) is 20.8. The van der Waals surface area contributed by atoms with Gasteiger partial charge in [-0.15, -0.1) is 0 Å². The predicted octanol–water partition coefficient (Wildman–Crippen LogP) is 3.94. The van der Waals surface area contributed by atoms with E-state index < -0.39 is 23.8 Å². The van der Waals surface area contributed by atoms with E-state index in [0.717, 1.165) is 17.7 Å². The third kappa shape index (κ3) is 4.41. The predicted molar refractivity (Wildman–Crippen MR) is 99.2 cm³/mol. The van der Waals surface area contributed by atoms with Crippen LogP contribution in [0, 0.1) is 0 Å². The monoisotopic (exact) mass is 407 g/mol. The van der Waals surface area contributed by atoms with Gasteiger partial charge in [0.25, 0.3) is 5.91 Å². The molecule has 0 aliphatic carbocycles. The van der Waals surface area contributed by atoms with Gasteiger partial charge in [-0.3, -0.25) is 9.63 Å². The maximum atomic E-state index is 13.0. The van der Waals surface area contributed by atoms with Crippen molar-refractivity contribution in [2.24, 2.45) is 5.16 Å². The summed E-state index contributed by atoms with van der Waals surface area (Å²) >= 11 is 0. The summed E-state index contributed by atoms with van der Waals surface area (Å²) in [5.74, 6) is -0.465. The molecule has 2 aromatic rings. The number of carbonyl (C=O) groups is 1. The zero-order valence-electron chi connectivity index (χ0n) is 16.1. The highest BCUT2D eigenvalue weighted by Crippen LogP contribution is 2.32. The third-order valence-corrected chi connectivity index (χ3v) is 4.55. The van der Waals surface area contributed by atoms with Gasteiger partial charge < -0.3 is 4.84 Å². The molecule has 1 unspecified atom stereocenters. The highest BCUT2D eigenvalue weighted by Gasteiger charge is 2.33. The van der Waals surface area contributed by atoms with Gasteiger partial charge in [0, 0.05) is 12.6 Å². The molecule has 0 fully saturated rings. The molecule has 6 nitrogen and oxygen atoms in total. The molecular weight excluding hydrogens is 387 g/mol. The Labute approximate surface area is 166 Å². The van der Waals surface area contributed by atoms with E-state index >= 15 is 0 Å². The number of hydrogen-bond donors (Lipinski definition) is 0. The highest BCUT2D eigenvalue weighted by molar-refractivity contribution is 6.45. The van der Waals surface area contributed by atoms with Gasteiger partial charge in [-0.2, -0.15) is 13.2 Å². The lowest BCUT2D eigenvalue weighted by atomic mass is 10.0. The fraction of sp³-hybridized carbons (Fsp3) is 0.300. The van der Waals surface area contributed by atoms with Crippen LogP contribution in [0.1, 0.15) is 35.3 Å². The van der Waals surface area contributed by atoms with Crippen molar-refractivity contribution in [1.29, 1.82) is 0 Å². The Kier molecular flexibility index (Phi) is 5.90. The zero-order chi connectivity index (χ0) is 21.2. The summed E-state index contributed by atoms with van der Waals surface area (Å²) < 4.78 is 39.0. The number of carbonyl (C=O) groups excluding carboxylic acids is 1. The SMILES string of the molecule is CO/N=C1/C(=O)N(C)N(OC(C)c2cccc(C(F)(F)F)c2)Cc2ccccc21. The second-order valence-electron chi connectivity index (χ2n) is 6.49. The van der Waals surface area contributed by atoms with Crippen molar-refractivity contribution in [2.45, 2.75) is 25.7 Å². The summed E-state index contributed by atoms with van der Waals surface area (Å²) in [6.45, 7) is 1.82. The number of rotatable bonds is 4. The van der Waals surface area contributed by atoms with E-state index in [-0.39, 0.29) is 12.3 Å². The van der Waals surface area contributed by atoms with Crippen LogP contribution in [0.4, 0.5) is 13.2 Å². The lowest BCUT2D eigenvalue weighted by molar-refractivity contribution is -0.294. The quantitative estimate of drug-likeness (QED) is 0.721. The molecule has 0 saturated carbocycles. The summed E-state index contributed by atoms with van der Waals surface area (Å²) in [5.41, 5.74) is 1.05. The van der Waals surface area contributed by atoms with E-state index in [1.807, 2.05) is 12.1 Å². The van der Waals surface area contributed by atoms with E-state index in [9.17, 15) is 18.0 Å². The molecule has 0 aromatic heterocycles. The minimum atomic E-state index is -4.45. The number of likely N-dealkylation sites (N-methyl/N-ethyl adjacent to an activating group) is 1. The number of amides is 1. The molecule has 1 atom stereocenters. The van der Waals surface area contributed by atoms with Crippen LogP contribution in [0.25, 0.3) is 0 Å². The number of alkyl halides is 3. The van der Waals surface area contributed by atoms with Crippen LogP contribution in [0.2, 0.25) is 0 Å². The van der Waals surface area contributed by atoms with Gasteiger partial charge in [0.15, 0.2) is 5.71 Å². The first-order valence-electron chi connectivity index (χ1n) is 8.81. The number of oxime groups is 1. The molecule has 2 aromatic carbocycles. The average Bonchev–Trinajstić information content (AvgIpc) is 2.79. The first-order chi connectivity index (χ1) is 13.7. The largest absolute Gasteiger partial charge is 0.416 e. The first-order valence-corrected chi connectivity index (χ1v) is 8.81. The maximum Gasteiger partial charge on any atom is 0.416 e. The number of hydrogen-bond acceptors (Lipinski definition) is 5. The summed E-state index contributed by atoms with van der Waals surface area (Å²) in [5, 5.41) is 6.38. The number of halogens is 3. The molecule has 1 heterocycles. The number of nitrogens with zero attached hydrogens (tertiary/aromatic N) is 3. The summed E-state index contributed by atoms with van der Waals surface area (Å²) in [4.78, 5) is 23.5. The maximum absolute atomic E-state index is 13.0. The second-order valence-corrected chi connectivity index (χ2v) is 6.49. The second kappa shape index (κ2) is 8.22. The minimum Gasteiger partial charge on any atom is -0.398 e. The number of fused-ring (bicyclic) bond motifs is 1. The standard InChI is InChI=1S/C20H20F3N3O3/c1-13(14-8-6-9-16(11-14)20(21,22)23)29-26-12-15-7-4-5-10-17(15)18(24-28-3)19(27)25(26)2/h4-11,13H,12H2,1-3H3/b24-18+. The topological polar surface area (TPSA) is 54.4 Å². The Bertz CT molecular complexity index is 930. The Morgan fingerprint density at radius 3 is 2.55 bits per heavy atom. The molecule has 9 heteroatoms. The Hall–Kier alpha value is -2.91.